The Morgan fingerprint density at radius 1 is 0.854 bits per heavy atom. The van der Waals surface area contributed by atoms with Crippen molar-refractivity contribution >= 4 is 24.4 Å². The maximum Gasteiger partial charge on any atom is 0.514 e. The summed E-state index contributed by atoms with van der Waals surface area (Å²) in [4.78, 5) is 49.0. The molecule has 2 rings (SSSR count). The fraction of sp³-hybridized carbons (Fsp3) is 0.655. The van der Waals surface area contributed by atoms with Gasteiger partial charge in [-0.3, -0.25) is 4.79 Å². The fourth-order valence-electron chi connectivity index (χ4n) is 4.21. The quantitative estimate of drug-likeness (QED) is 0.161. The van der Waals surface area contributed by atoms with Gasteiger partial charge >= 0.3 is 24.4 Å². The van der Waals surface area contributed by atoms with Crippen LogP contribution in [0.1, 0.15) is 91.5 Å². The van der Waals surface area contributed by atoms with Crippen LogP contribution in [0.15, 0.2) is 18.2 Å². The number of ether oxygens (including phenoxy) is 6. The topological polar surface area (TPSA) is 170 Å². The second-order valence-corrected chi connectivity index (χ2v) is 10.6. The van der Waals surface area contributed by atoms with Crippen LogP contribution in [0.2, 0.25) is 0 Å². The van der Waals surface area contributed by atoms with Crippen LogP contribution in [0.5, 0.6) is 11.5 Å². The Bertz CT molecular complexity index is 1040. The molecule has 1 aliphatic carbocycles. The van der Waals surface area contributed by atoms with Gasteiger partial charge in [0.05, 0.1) is 0 Å². The molecule has 0 spiro atoms. The predicted molar refractivity (Wildman–Crippen MR) is 147 cm³/mol. The monoisotopic (exact) mass is 581 g/mol. The largest absolute Gasteiger partial charge is 0.514 e. The van der Waals surface area contributed by atoms with Gasteiger partial charge < -0.3 is 39.3 Å². The molecule has 4 atom stereocenters. The zero-order valence-electron chi connectivity index (χ0n) is 24.5. The molecule has 3 unspecified atom stereocenters. The van der Waals surface area contributed by atoms with Gasteiger partial charge in [0, 0.05) is 12.8 Å². The highest BCUT2D eigenvalue weighted by Gasteiger charge is 2.37. The van der Waals surface area contributed by atoms with Gasteiger partial charge in [-0.05, 0) is 77.0 Å². The number of hydrogen-bond donors (Lipinski definition) is 2. The highest BCUT2D eigenvalue weighted by molar-refractivity contribution is 5.79. The van der Waals surface area contributed by atoms with Crippen molar-refractivity contribution in [1.29, 1.82) is 0 Å². The number of nitrogens with two attached hydrogens (primary N) is 1. The molecule has 0 aliphatic heterocycles. The van der Waals surface area contributed by atoms with Gasteiger partial charge in [-0.25, -0.2) is 14.4 Å². The second-order valence-electron chi connectivity index (χ2n) is 10.6. The third-order valence-electron chi connectivity index (χ3n) is 6.85. The minimum atomic E-state index is -1.86. The Balaban J connectivity index is 2.19. The van der Waals surface area contributed by atoms with Gasteiger partial charge in [0.25, 0.3) is 0 Å². The summed E-state index contributed by atoms with van der Waals surface area (Å²) < 4.78 is 31.5. The average molecular weight is 582 g/mol. The van der Waals surface area contributed by atoms with E-state index in [1.165, 1.54) is 25.1 Å². The number of carbonyl (C=O) groups is 4. The van der Waals surface area contributed by atoms with E-state index >= 15 is 0 Å². The second kappa shape index (κ2) is 16.0. The lowest BCUT2D eigenvalue weighted by atomic mass is 9.86. The van der Waals surface area contributed by atoms with Gasteiger partial charge in [-0.1, -0.05) is 26.3 Å². The number of benzene rings is 1. The van der Waals surface area contributed by atoms with Crippen molar-refractivity contribution in [3.8, 4) is 11.5 Å². The smallest absolute Gasteiger partial charge is 0.480 e. The van der Waals surface area contributed by atoms with Crippen LogP contribution in [0.25, 0.3) is 0 Å². The molecule has 1 saturated carbocycles. The molecule has 1 aliphatic rings. The molecule has 1 aromatic rings. The highest BCUT2D eigenvalue weighted by atomic mass is 16.8. The molecule has 1 aromatic carbocycles. The summed E-state index contributed by atoms with van der Waals surface area (Å²) in [5.74, 6) is -1.65. The summed E-state index contributed by atoms with van der Waals surface area (Å²) in [7, 11) is 0. The molecule has 3 N–H and O–H groups in total. The Kier molecular flexibility index (Phi) is 13.2. The molecule has 0 bridgehead atoms. The fourth-order valence-corrected chi connectivity index (χ4v) is 4.21. The van der Waals surface area contributed by atoms with Gasteiger partial charge in [0.1, 0.15) is 30.0 Å². The van der Waals surface area contributed by atoms with Crippen molar-refractivity contribution in [2.45, 2.75) is 122 Å². The first-order valence-corrected chi connectivity index (χ1v) is 14.1. The normalized spacial score (nSPS) is 17.2. The van der Waals surface area contributed by atoms with E-state index in [0.717, 1.165) is 32.1 Å². The summed E-state index contributed by atoms with van der Waals surface area (Å²) in [5.41, 5.74) is 4.77. The van der Waals surface area contributed by atoms with E-state index in [-0.39, 0.29) is 30.4 Å². The average Bonchev–Trinajstić information content (AvgIpc) is 2.90. The first-order chi connectivity index (χ1) is 19.3. The zero-order chi connectivity index (χ0) is 30.6. The van der Waals surface area contributed by atoms with Crippen molar-refractivity contribution in [2.24, 2.45) is 5.73 Å². The molecule has 0 radical (unpaired) electrons. The summed E-state index contributed by atoms with van der Waals surface area (Å²) >= 11 is 0. The van der Waals surface area contributed by atoms with Crippen LogP contribution < -0.4 is 15.2 Å². The third-order valence-corrected chi connectivity index (χ3v) is 6.85. The lowest BCUT2D eigenvalue weighted by Gasteiger charge is -2.28. The van der Waals surface area contributed by atoms with E-state index in [0.29, 0.717) is 18.4 Å². The zero-order valence-corrected chi connectivity index (χ0v) is 24.5. The van der Waals surface area contributed by atoms with E-state index in [9.17, 15) is 24.3 Å². The summed E-state index contributed by atoms with van der Waals surface area (Å²) in [6, 6.07) is 4.14. The molecule has 0 heterocycles. The van der Waals surface area contributed by atoms with Crippen LogP contribution in [0.4, 0.5) is 14.4 Å². The lowest BCUT2D eigenvalue weighted by molar-refractivity contribution is -0.144. The number of hydrogen-bond acceptors (Lipinski definition) is 11. The van der Waals surface area contributed by atoms with Crippen LogP contribution >= 0.6 is 0 Å². The lowest BCUT2D eigenvalue weighted by Crippen LogP contribution is -2.52. The van der Waals surface area contributed by atoms with E-state index in [1.807, 2.05) is 13.8 Å². The Hall–Kier alpha value is -3.54. The predicted octanol–water partition coefficient (Wildman–Crippen LogP) is 5.90. The van der Waals surface area contributed by atoms with Crippen molar-refractivity contribution in [3.05, 3.63) is 23.8 Å². The third kappa shape index (κ3) is 11.5. The number of aliphatic carboxylic acids is 1. The Morgan fingerprint density at radius 2 is 1.39 bits per heavy atom. The molecular weight excluding hydrogens is 538 g/mol. The first kappa shape index (κ1) is 33.7. The molecule has 41 heavy (non-hydrogen) atoms. The van der Waals surface area contributed by atoms with Gasteiger partial charge in [-0.2, -0.15) is 0 Å². The molecular formula is C29H43NO11. The van der Waals surface area contributed by atoms with E-state index < -0.39 is 48.3 Å². The maximum atomic E-state index is 12.3. The number of rotatable bonds is 13. The van der Waals surface area contributed by atoms with E-state index in [1.54, 1.807) is 13.8 Å². The standard InChI is InChI=1S/C29H43NO11/c1-6-18(3)36-27(34)40-23-14-13-21(15-24(23)41-28(35)37-19(4)7-2)17-29(30,25(31)32)16-20(5)38-26(33)39-22-11-9-8-10-12-22/h13-15,18-20,22H,6-12,16-17,30H2,1-5H3,(H,31,32)/t18?,19?,20-,29?/m0/s1. The van der Waals surface area contributed by atoms with Crippen molar-refractivity contribution < 1.29 is 52.7 Å². The Morgan fingerprint density at radius 3 is 1.93 bits per heavy atom. The van der Waals surface area contributed by atoms with Gasteiger partial charge in [0.15, 0.2) is 11.5 Å². The van der Waals surface area contributed by atoms with Crippen molar-refractivity contribution in [2.75, 3.05) is 0 Å². The number of carbonyl (C=O) groups excluding carboxylic acids is 3. The first-order valence-electron chi connectivity index (χ1n) is 14.1. The summed E-state index contributed by atoms with van der Waals surface area (Å²) in [5, 5.41) is 9.97. The highest BCUT2D eigenvalue weighted by Crippen LogP contribution is 2.32. The van der Waals surface area contributed by atoms with Gasteiger partial charge in [-0.15, -0.1) is 0 Å². The van der Waals surface area contributed by atoms with Crippen LogP contribution in [0, 0.1) is 0 Å². The maximum absolute atomic E-state index is 12.3. The van der Waals surface area contributed by atoms with Crippen LogP contribution in [-0.4, -0.2) is 59.5 Å². The minimum absolute atomic E-state index is 0.136. The van der Waals surface area contributed by atoms with E-state index in [2.05, 4.69) is 0 Å². The molecule has 1 fully saturated rings. The number of carboxylic acids is 1. The molecule has 0 amide bonds. The van der Waals surface area contributed by atoms with Crippen LogP contribution in [0.3, 0.4) is 0 Å². The molecule has 0 aromatic heterocycles. The minimum Gasteiger partial charge on any atom is -0.480 e. The summed E-state index contributed by atoms with van der Waals surface area (Å²) in [6.45, 7) is 8.57. The number of carboxylic acid groups (broad SMARTS) is 1. The van der Waals surface area contributed by atoms with Crippen LogP contribution in [-0.2, 0) is 30.2 Å². The Labute approximate surface area is 240 Å². The SMILES string of the molecule is CCC(C)OC(=O)Oc1ccc(CC(N)(C[C@H](C)OC(=O)OC2CCCCC2)C(=O)O)cc1OC(=O)OC(C)CC. The van der Waals surface area contributed by atoms with E-state index in [4.69, 9.17) is 34.2 Å². The molecule has 12 nitrogen and oxygen atoms in total. The van der Waals surface area contributed by atoms with Crippen molar-refractivity contribution in [1.82, 2.24) is 0 Å². The molecule has 12 heteroatoms. The van der Waals surface area contributed by atoms with Gasteiger partial charge in [0.2, 0.25) is 0 Å². The van der Waals surface area contributed by atoms with Crippen molar-refractivity contribution in [3.63, 3.8) is 0 Å². The molecule has 230 valence electrons. The molecule has 0 saturated heterocycles. The summed E-state index contributed by atoms with van der Waals surface area (Å²) in [6.07, 6.45) is 0.414.